The summed E-state index contributed by atoms with van der Waals surface area (Å²) < 4.78 is 5.15. The average molecular weight is 305 g/mol. The number of ether oxygens (including phenoxy) is 1. The van der Waals surface area contributed by atoms with Crippen LogP contribution in [0.3, 0.4) is 0 Å². The Balaban J connectivity index is 2.05. The molecule has 0 radical (unpaired) electrons. The lowest BCUT2D eigenvalue weighted by Gasteiger charge is -2.07. The molecule has 4 N–H and O–H groups in total. The van der Waals surface area contributed by atoms with Crippen LogP contribution in [0.15, 0.2) is 42.5 Å². The van der Waals surface area contributed by atoms with Crippen molar-refractivity contribution in [2.75, 3.05) is 5.73 Å². The fourth-order valence-electron chi connectivity index (χ4n) is 1.70. The highest BCUT2D eigenvalue weighted by Crippen LogP contribution is 2.20. The van der Waals surface area contributed by atoms with Gasteiger partial charge in [0.05, 0.1) is 16.3 Å². The fraction of sp³-hybridized carbons (Fsp3) is 0.0667. The van der Waals surface area contributed by atoms with Crippen LogP contribution < -0.4 is 11.5 Å². The Labute approximate surface area is 126 Å². The number of carbonyl (C=O) groups is 2. The van der Waals surface area contributed by atoms with Crippen LogP contribution in [0.2, 0.25) is 5.02 Å². The molecule has 0 saturated heterocycles. The summed E-state index contributed by atoms with van der Waals surface area (Å²) in [5.74, 6) is -1.06. The van der Waals surface area contributed by atoms with Gasteiger partial charge in [0.1, 0.15) is 6.61 Å². The number of hydrogen-bond donors (Lipinski definition) is 2. The fourth-order valence-corrected chi connectivity index (χ4v) is 1.88. The minimum absolute atomic E-state index is 0.0297. The zero-order valence-electron chi connectivity index (χ0n) is 11.0. The molecule has 0 bridgehead atoms. The van der Waals surface area contributed by atoms with Gasteiger partial charge in [0, 0.05) is 5.56 Å². The summed E-state index contributed by atoms with van der Waals surface area (Å²) in [5, 5.41) is 0.292. The Morgan fingerprint density at radius 2 is 1.86 bits per heavy atom. The Bertz CT molecular complexity index is 701. The lowest BCUT2D eigenvalue weighted by atomic mass is 10.1. The molecule has 2 aromatic carbocycles. The summed E-state index contributed by atoms with van der Waals surface area (Å²) >= 11 is 5.85. The molecule has 0 fully saturated rings. The first-order valence-corrected chi connectivity index (χ1v) is 6.46. The molecule has 5 nitrogen and oxygen atoms in total. The molecule has 0 aliphatic rings. The predicted molar refractivity (Wildman–Crippen MR) is 79.9 cm³/mol. The van der Waals surface area contributed by atoms with Crippen molar-refractivity contribution in [1.29, 1.82) is 0 Å². The molecule has 0 aliphatic heterocycles. The van der Waals surface area contributed by atoms with E-state index in [0.29, 0.717) is 27.4 Å². The summed E-state index contributed by atoms with van der Waals surface area (Å²) in [6.45, 7) is 0.0297. The van der Waals surface area contributed by atoms with Crippen LogP contribution in [-0.2, 0) is 11.3 Å². The van der Waals surface area contributed by atoms with Gasteiger partial charge in [-0.25, -0.2) is 4.79 Å². The minimum atomic E-state index is -0.534. The van der Waals surface area contributed by atoms with Crippen LogP contribution in [0.5, 0.6) is 0 Å². The highest BCUT2D eigenvalue weighted by atomic mass is 35.5. The maximum Gasteiger partial charge on any atom is 0.338 e. The van der Waals surface area contributed by atoms with Gasteiger partial charge in [-0.3, -0.25) is 4.79 Å². The number of carbonyl (C=O) groups excluding carboxylic acids is 2. The smallest absolute Gasteiger partial charge is 0.338 e. The zero-order valence-corrected chi connectivity index (χ0v) is 11.8. The van der Waals surface area contributed by atoms with E-state index < -0.39 is 11.9 Å². The summed E-state index contributed by atoms with van der Waals surface area (Å²) in [5.41, 5.74) is 12.5. The van der Waals surface area contributed by atoms with Gasteiger partial charge in [0.25, 0.3) is 0 Å². The van der Waals surface area contributed by atoms with Crippen LogP contribution in [-0.4, -0.2) is 11.9 Å². The highest BCUT2D eigenvalue weighted by Gasteiger charge is 2.10. The molecule has 2 aromatic rings. The maximum absolute atomic E-state index is 11.9. The third-order valence-corrected chi connectivity index (χ3v) is 3.14. The monoisotopic (exact) mass is 304 g/mol. The number of anilines is 1. The summed E-state index contributed by atoms with van der Waals surface area (Å²) in [4.78, 5) is 23.0. The quantitative estimate of drug-likeness (QED) is 0.669. The zero-order chi connectivity index (χ0) is 15.4. The van der Waals surface area contributed by atoms with Crippen molar-refractivity contribution in [1.82, 2.24) is 0 Å². The van der Waals surface area contributed by atoms with Gasteiger partial charge in [-0.1, -0.05) is 23.7 Å². The highest BCUT2D eigenvalue weighted by molar-refractivity contribution is 6.33. The van der Waals surface area contributed by atoms with Crippen molar-refractivity contribution in [3.8, 4) is 0 Å². The van der Waals surface area contributed by atoms with E-state index >= 15 is 0 Å². The van der Waals surface area contributed by atoms with Gasteiger partial charge in [-0.05, 0) is 35.9 Å². The number of benzene rings is 2. The van der Waals surface area contributed by atoms with E-state index in [1.54, 1.807) is 24.3 Å². The van der Waals surface area contributed by atoms with Crippen LogP contribution in [0.1, 0.15) is 26.3 Å². The summed E-state index contributed by atoms with van der Waals surface area (Å²) in [7, 11) is 0. The van der Waals surface area contributed by atoms with E-state index in [-0.39, 0.29) is 6.61 Å². The standard InChI is InChI=1S/C15H13ClN2O3/c16-12-7-11(4-5-13(12)17)15(20)21-8-9-2-1-3-10(6-9)14(18)19/h1-7H,8,17H2,(H2,18,19). The normalized spacial score (nSPS) is 10.1. The average Bonchev–Trinajstić information content (AvgIpc) is 2.48. The lowest BCUT2D eigenvalue weighted by Crippen LogP contribution is -2.11. The molecule has 0 aromatic heterocycles. The van der Waals surface area contributed by atoms with Gasteiger partial charge in [-0.15, -0.1) is 0 Å². The maximum atomic E-state index is 11.9. The number of halogens is 1. The Hall–Kier alpha value is -2.53. The van der Waals surface area contributed by atoms with Gasteiger partial charge in [-0.2, -0.15) is 0 Å². The van der Waals surface area contributed by atoms with Gasteiger partial charge >= 0.3 is 5.97 Å². The number of primary amides is 1. The van der Waals surface area contributed by atoms with Gasteiger partial charge in [0.15, 0.2) is 0 Å². The van der Waals surface area contributed by atoms with Crippen molar-refractivity contribution < 1.29 is 14.3 Å². The summed E-state index contributed by atoms with van der Waals surface area (Å²) in [6, 6.07) is 11.1. The molecule has 0 saturated carbocycles. The van der Waals surface area contributed by atoms with E-state index in [1.165, 1.54) is 18.2 Å². The third kappa shape index (κ3) is 3.73. The van der Waals surface area contributed by atoms with Crippen molar-refractivity contribution in [2.24, 2.45) is 5.73 Å². The first-order chi connectivity index (χ1) is 9.97. The van der Waals surface area contributed by atoms with E-state index in [1.807, 2.05) is 0 Å². The largest absolute Gasteiger partial charge is 0.457 e. The van der Waals surface area contributed by atoms with Crippen molar-refractivity contribution in [3.05, 3.63) is 64.2 Å². The molecule has 1 amide bonds. The van der Waals surface area contributed by atoms with E-state index in [2.05, 4.69) is 0 Å². The molecule has 0 spiro atoms. The Kier molecular flexibility index (Phi) is 4.45. The SMILES string of the molecule is NC(=O)c1cccc(COC(=O)c2ccc(N)c(Cl)c2)c1. The molecule has 0 heterocycles. The number of esters is 1. The Morgan fingerprint density at radius 1 is 1.10 bits per heavy atom. The number of amides is 1. The van der Waals surface area contributed by atoms with E-state index in [9.17, 15) is 9.59 Å². The Morgan fingerprint density at radius 3 is 2.52 bits per heavy atom. The molecular formula is C15H13ClN2O3. The van der Waals surface area contributed by atoms with Crippen molar-refractivity contribution >= 4 is 29.2 Å². The molecule has 0 aliphatic carbocycles. The van der Waals surface area contributed by atoms with E-state index in [4.69, 9.17) is 27.8 Å². The molecular weight excluding hydrogens is 292 g/mol. The second kappa shape index (κ2) is 6.28. The molecule has 108 valence electrons. The molecule has 0 unspecified atom stereocenters. The molecule has 2 rings (SSSR count). The molecule has 6 heteroatoms. The third-order valence-electron chi connectivity index (χ3n) is 2.82. The number of hydrogen-bond acceptors (Lipinski definition) is 4. The van der Waals surface area contributed by atoms with Crippen molar-refractivity contribution in [3.63, 3.8) is 0 Å². The second-order valence-corrected chi connectivity index (χ2v) is 4.78. The molecule has 21 heavy (non-hydrogen) atoms. The topological polar surface area (TPSA) is 95.4 Å². The summed E-state index contributed by atoms with van der Waals surface area (Å²) in [6.07, 6.45) is 0. The second-order valence-electron chi connectivity index (χ2n) is 4.38. The number of nitrogens with two attached hydrogens (primary N) is 2. The first kappa shape index (κ1) is 14.9. The van der Waals surface area contributed by atoms with Gasteiger partial charge < -0.3 is 16.2 Å². The molecule has 0 atom stereocenters. The van der Waals surface area contributed by atoms with Crippen molar-refractivity contribution in [2.45, 2.75) is 6.61 Å². The van der Waals surface area contributed by atoms with Crippen LogP contribution in [0, 0.1) is 0 Å². The van der Waals surface area contributed by atoms with E-state index in [0.717, 1.165) is 0 Å². The van der Waals surface area contributed by atoms with Crippen LogP contribution in [0.25, 0.3) is 0 Å². The van der Waals surface area contributed by atoms with Crippen LogP contribution in [0.4, 0.5) is 5.69 Å². The number of rotatable bonds is 4. The first-order valence-electron chi connectivity index (χ1n) is 6.08. The van der Waals surface area contributed by atoms with Gasteiger partial charge in [0.2, 0.25) is 5.91 Å². The van der Waals surface area contributed by atoms with Crippen LogP contribution >= 0.6 is 11.6 Å². The number of nitrogen functional groups attached to an aromatic ring is 1. The minimum Gasteiger partial charge on any atom is -0.457 e. The predicted octanol–water partition coefficient (Wildman–Crippen LogP) is 2.38. The lowest BCUT2D eigenvalue weighted by molar-refractivity contribution is 0.0472.